The molecular formula is C22H28N2O4S. The lowest BCUT2D eigenvalue weighted by Gasteiger charge is -2.23. The Morgan fingerprint density at radius 3 is 2.28 bits per heavy atom. The highest BCUT2D eigenvalue weighted by molar-refractivity contribution is 7.92. The van der Waals surface area contributed by atoms with Crippen LogP contribution in [-0.4, -0.2) is 33.2 Å². The van der Waals surface area contributed by atoms with Crippen molar-refractivity contribution in [3.05, 3.63) is 59.7 Å². The van der Waals surface area contributed by atoms with E-state index in [0.717, 1.165) is 36.8 Å². The lowest BCUT2D eigenvalue weighted by Crippen LogP contribution is -2.36. The second-order valence-electron chi connectivity index (χ2n) is 7.59. The second kappa shape index (κ2) is 9.31. The summed E-state index contributed by atoms with van der Waals surface area (Å²) in [6.07, 6.45) is 5.57. The van der Waals surface area contributed by atoms with Gasteiger partial charge in [-0.1, -0.05) is 42.7 Å². The highest BCUT2D eigenvalue weighted by Crippen LogP contribution is 2.24. The van der Waals surface area contributed by atoms with E-state index in [1.54, 1.807) is 24.3 Å². The zero-order chi connectivity index (χ0) is 20.9. The summed E-state index contributed by atoms with van der Waals surface area (Å²) < 4.78 is 31.5. The first-order valence-electron chi connectivity index (χ1n) is 9.87. The van der Waals surface area contributed by atoms with Gasteiger partial charge in [0.05, 0.1) is 18.5 Å². The molecule has 1 fully saturated rings. The summed E-state index contributed by atoms with van der Waals surface area (Å²) in [7, 11) is -3.45. The standard InChI is InChI=1S/C22H28N2O4S/c1-17-7-9-18(10-8-17)15-24(29(2,26)27)20-11-13-21(14-12-20)28-16-22(25)23-19-5-3-4-6-19/h7-14,19H,3-6,15-16H2,1-2H3,(H,23,25). The molecule has 2 aromatic carbocycles. The average Bonchev–Trinajstić information content (AvgIpc) is 3.18. The number of anilines is 1. The fourth-order valence-electron chi connectivity index (χ4n) is 3.46. The number of aryl methyl sites for hydroxylation is 1. The van der Waals surface area contributed by atoms with Crippen LogP contribution >= 0.6 is 0 Å². The van der Waals surface area contributed by atoms with Crippen molar-refractivity contribution in [2.45, 2.75) is 45.2 Å². The largest absolute Gasteiger partial charge is 0.484 e. The van der Waals surface area contributed by atoms with E-state index in [9.17, 15) is 13.2 Å². The van der Waals surface area contributed by atoms with Crippen molar-refractivity contribution in [1.29, 1.82) is 0 Å². The van der Waals surface area contributed by atoms with Gasteiger partial charge in [-0.15, -0.1) is 0 Å². The Kier molecular flexibility index (Phi) is 6.79. The zero-order valence-electron chi connectivity index (χ0n) is 16.9. The SMILES string of the molecule is Cc1ccc(CN(c2ccc(OCC(=O)NC3CCCC3)cc2)S(C)(=O)=O)cc1. The molecule has 3 rings (SSSR count). The van der Waals surface area contributed by atoms with Crippen molar-refractivity contribution in [1.82, 2.24) is 5.32 Å². The molecule has 1 N–H and O–H groups in total. The molecule has 0 radical (unpaired) electrons. The highest BCUT2D eigenvalue weighted by atomic mass is 32.2. The van der Waals surface area contributed by atoms with Crippen LogP contribution in [-0.2, 0) is 21.4 Å². The smallest absolute Gasteiger partial charge is 0.258 e. The van der Waals surface area contributed by atoms with E-state index in [-0.39, 0.29) is 25.1 Å². The second-order valence-corrected chi connectivity index (χ2v) is 9.49. The van der Waals surface area contributed by atoms with Gasteiger partial charge in [-0.25, -0.2) is 8.42 Å². The first-order chi connectivity index (χ1) is 13.8. The Morgan fingerprint density at radius 1 is 1.07 bits per heavy atom. The van der Waals surface area contributed by atoms with Crippen LogP contribution < -0.4 is 14.4 Å². The number of rotatable bonds is 8. The zero-order valence-corrected chi connectivity index (χ0v) is 17.7. The Hall–Kier alpha value is -2.54. The molecule has 0 spiro atoms. The van der Waals surface area contributed by atoms with E-state index in [1.807, 2.05) is 31.2 Å². The molecule has 6 nitrogen and oxygen atoms in total. The van der Waals surface area contributed by atoms with Gasteiger partial charge < -0.3 is 10.1 Å². The lowest BCUT2D eigenvalue weighted by molar-refractivity contribution is -0.123. The van der Waals surface area contributed by atoms with Gasteiger partial charge in [0.1, 0.15) is 5.75 Å². The van der Waals surface area contributed by atoms with Crippen molar-refractivity contribution in [2.75, 3.05) is 17.2 Å². The van der Waals surface area contributed by atoms with Gasteiger partial charge in [-0.3, -0.25) is 9.10 Å². The molecule has 1 aliphatic carbocycles. The minimum atomic E-state index is -3.45. The Bertz CT molecular complexity index is 918. The molecule has 156 valence electrons. The number of hydrogen-bond donors (Lipinski definition) is 1. The number of sulfonamides is 1. The molecule has 0 saturated heterocycles. The molecule has 0 unspecified atom stereocenters. The van der Waals surface area contributed by atoms with Crippen molar-refractivity contribution in [3.8, 4) is 5.75 Å². The molecule has 29 heavy (non-hydrogen) atoms. The first-order valence-corrected chi connectivity index (χ1v) is 11.7. The summed E-state index contributed by atoms with van der Waals surface area (Å²) >= 11 is 0. The van der Waals surface area contributed by atoms with Gasteiger partial charge >= 0.3 is 0 Å². The Balaban J connectivity index is 1.62. The van der Waals surface area contributed by atoms with E-state index in [1.165, 1.54) is 10.6 Å². The Labute approximate surface area is 172 Å². The summed E-state index contributed by atoms with van der Waals surface area (Å²) in [5.74, 6) is 0.400. The minimum absolute atomic E-state index is 0.0466. The maximum atomic E-state index is 12.3. The summed E-state index contributed by atoms with van der Waals surface area (Å²) in [5.41, 5.74) is 2.58. The molecule has 0 bridgehead atoms. The van der Waals surface area contributed by atoms with Crippen LogP contribution in [0.3, 0.4) is 0 Å². The quantitative estimate of drug-likeness (QED) is 0.716. The lowest BCUT2D eigenvalue weighted by atomic mass is 10.1. The molecule has 1 aliphatic rings. The van der Waals surface area contributed by atoms with Crippen LogP contribution in [0, 0.1) is 6.92 Å². The van der Waals surface area contributed by atoms with Gasteiger partial charge in [-0.05, 0) is 49.6 Å². The summed E-state index contributed by atoms with van der Waals surface area (Å²) in [5, 5.41) is 2.98. The van der Waals surface area contributed by atoms with E-state index in [0.29, 0.717) is 11.4 Å². The molecule has 0 atom stereocenters. The topological polar surface area (TPSA) is 75.7 Å². The third-order valence-electron chi connectivity index (χ3n) is 5.06. The molecule has 7 heteroatoms. The number of carbonyl (C=O) groups is 1. The molecule has 0 aromatic heterocycles. The first kappa shape index (κ1) is 21.2. The highest BCUT2D eigenvalue weighted by Gasteiger charge is 2.19. The van der Waals surface area contributed by atoms with Crippen LogP contribution in [0.15, 0.2) is 48.5 Å². The van der Waals surface area contributed by atoms with Crippen molar-refractivity contribution < 1.29 is 17.9 Å². The molecular weight excluding hydrogens is 388 g/mol. The van der Waals surface area contributed by atoms with Crippen LogP contribution in [0.25, 0.3) is 0 Å². The maximum absolute atomic E-state index is 12.3. The maximum Gasteiger partial charge on any atom is 0.258 e. The molecule has 1 amide bonds. The van der Waals surface area contributed by atoms with E-state index in [2.05, 4.69) is 5.32 Å². The number of nitrogens with zero attached hydrogens (tertiary/aromatic N) is 1. The van der Waals surface area contributed by atoms with Gasteiger partial charge in [0.25, 0.3) is 5.91 Å². The van der Waals surface area contributed by atoms with Crippen molar-refractivity contribution in [2.24, 2.45) is 0 Å². The average molecular weight is 417 g/mol. The number of ether oxygens (including phenoxy) is 1. The van der Waals surface area contributed by atoms with Crippen LogP contribution in [0.4, 0.5) is 5.69 Å². The van der Waals surface area contributed by atoms with Crippen LogP contribution in [0.5, 0.6) is 5.75 Å². The molecule has 0 heterocycles. The normalized spacial score (nSPS) is 14.6. The van der Waals surface area contributed by atoms with E-state index in [4.69, 9.17) is 4.74 Å². The summed E-state index contributed by atoms with van der Waals surface area (Å²) in [6.45, 7) is 2.20. The van der Waals surface area contributed by atoms with Crippen molar-refractivity contribution >= 4 is 21.6 Å². The third-order valence-corrected chi connectivity index (χ3v) is 6.20. The molecule has 0 aliphatic heterocycles. The summed E-state index contributed by atoms with van der Waals surface area (Å²) in [4.78, 5) is 12.0. The van der Waals surface area contributed by atoms with Gasteiger partial charge in [0, 0.05) is 6.04 Å². The number of hydrogen-bond acceptors (Lipinski definition) is 4. The molecule has 2 aromatic rings. The van der Waals surface area contributed by atoms with E-state index < -0.39 is 10.0 Å². The monoisotopic (exact) mass is 416 g/mol. The van der Waals surface area contributed by atoms with Crippen molar-refractivity contribution in [3.63, 3.8) is 0 Å². The molecule has 1 saturated carbocycles. The number of carbonyl (C=O) groups excluding carboxylic acids is 1. The van der Waals surface area contributed by atoms with Crippen LogP contribution in [0.2, 0.25) is 0 Å². The minimum Gasteiger partial charge on any atom is -0.484 e. The number of amides is 1. The summed E-state index contributed by atoms with van der Waals surface area (Å²) in [6, 6.07) is 14.8. The number of benzene rings is 2. The van der Waals surface area contributed by atoms with Crippen LogP contribution in [0.1, 0.15) is 36.8 Å². The third kappa shape index (κ3) is 6.22. The predicted molar refractivity (Wildman–Crippen MR) is 115 cm³/mol. The van der Waals surface area contributed by atoms with Gasteiger partial charge in [0.2, 0.25) is 10.0 Å². The predicted octanol–water partition coefficient (Wildman–Crippen LogP) is 3.40. The number of nitrogens with one attached hydrogen (secondary N) is 1. The van der Waals surface area contributed by atoms with Gasteiger partial charge in [0.15, 0.2) is 6.61 Å². The Morgan fingerprint density at radius 2 is 1.69 bits per heavy atom. The van der Waals surface area contributed by atoms with Gasteiger partial charge in [-0.2, -0.15) is 0 Å². The fourth-order valence-corrected chi connectivity index (χ4v) is 4.34. The van der Waals surface area contributed by atoms with E-state index >= 15 is 0 Å². The fraction of sp³-hybridized carbons (Fsp3) is 0.409.